The van der Waals surface area contributed by atoms with Gasteiger partial charge in [-0.15, -0.1) is 12.4 Å². The molecular weight excluding hydrogens is 405 g/mol. The molecule has 0 aliphatic carbocycles. The van der Waals surface area contributed by atoms with Crippen molar-refractivity contribution in [1.29, 1.82) is 0 Å². The number of para-hydroxylation sites is 2. The molecule has 2 aromatic carbocycles. The number of hydrogen-bond donors (Lipinski definition) is 0. The lowest BCUT2D eigenvalue weighted by Gasteiger charge is -2.30. The Morgan fingerprint density at radius 3 is 2.55 bits per heavy atom. The van der Waals surface area contributed by atoms with Crippen LogP contribution in [0.1, 0.15) is 11.5 Å². The number of oxazole rings is 1. The molecule has 6 heteroatoms. The molecule has 0 N–H and O–H groups in total. The summed E-state index contributed by atoms with van der Waals surface area (Å²) < 4.78 is 7.86. The number of hydrogen-bond acceptors (Lipinski definition) is 3. The number of nitrogens with zero attached hydrogens (tertiary/aromatic N) is 3. The molecule has 4 aromatic rings. The normalized spacial score (nSPS) is 14.5. The van der Waals surface area contributed by atoms with Crippen molar-refractivity contribution in [2.24, 2.45) is 7.05 Å². The summed E-state index contributed by atoms with van der Waals surface area (Å²) in [4.78, 5) is 6.66. The fraction of sp³-hybridized carbons (Fsp3) is 0.0435. The van der Waals surface area contributed by atoms with Crippen molar-refractivity contribution in [2.75, 3.05) is 4.90 Å². The average Bonchev–Trinajstić information content (AvgIpc) is 3.13. The Bertz CT molecular complexity index is 1250. The van der Waals surface area contributed by atoms with E-state index >= 15 is 0 Å². The third-order valence-corrected chi connectivity index (χ3v) is 5.06. The molecule has 0 bridgehead atoms. The van der Waals surface area contributed by atoms with Gasteiger partial charge in [-0.05, 0) is 42.0 Å². The van der Waals surface area contributed by atoms with E-state index in [9.17, 15) is 0 Å². The molecule has 144 valence electrons. The second kappa shape index (κ2) is 7.74. The number of benzene rings is 2. The van der Waals surface area contributed by atoms with Gasteiger partial charge in [0.15, 0.2) is 0 Å². The maximum Gasteiger partial charge on any atom is 0.370 e. The molecule has 4 nitrogen and oxygen atoms in total. The highest BCUT2D eigenvalue weighted by atomic mass is 35.5. The van der Waals surface area contributed by atoms with Crippen LogP contribution in [-0.2, 0) is 7.05 Å². The van der Waals surface area contributed by atoms with E-state index in [2.05, 4.69) is 17.1 Å². The minimum atomic E-state index is 0. The molecule has 2 aromatic heterocycles. The van der Waals surface area contributed by atoms with E-state index in [-0.39, 0.29) is 12.4 Å². The van der Waals surface area contributed by atoms with Crippen molar-refractivity contribution in [3.63, 3.8) is 0 Å². The van der Waals surface area contributed by atoms with Crippen LogP contribution in [0.2, 0.25) is 0 Å². The Hall–Kier alpha value is -3.08. The van der Waals surface area contributed by atoms with Gasteiger partial charge in [0.2, 0.25) is 5.58 Å². The molecule has 0 saturated heterocycles. The number of anilines is 2. The first-order valence-corrected chi connectivity index (χ1v) is 9.37. The highest BCUT2D eigenvalue weighted by Gasteiger charge is 2.24. The van der Waals surface area contributed by atoms with Gasteiger partial charge >= 0.3 is 11.5 Å². The summed E-state index contributed by atoms with van der Waals surface area (Å²) >= 11 is 6.70. The maximum absolute atomic E-state index is 6.70. The Kier molecular flexibility index (Phi) is 5.14. The predicted octanol–water partition coefficient (Wildman–Crippen LogP) is 5.85. The van der Waals surface area contributed by atoms with Gasteiger partial charge in [0.05, 0.1) is 18.9 Å². The Morgan fingerprint density at radius 2 is 1.76 bits per heavy atom. The summed E-state index contributed by atoms with van der Waals surface area (Å²) in [5.41, 5.74) is 5.63. The first kappa shape index (κ1) is 19.2. The van der Waals surface area contributed by atoms with Gasteiger partial charge in [0.25, 0.3) is 0 Å². The number of rotatable bonds is 2. The van der Waals surface area contributed by atoms with Crippen LogP contribution in [0.4, 0.5) is 11.4 Å². The number of aromatic nitrogens is 2. The second-order valence-electron chi connectivity index (χ2n) is 6.61. The predicted molar refractivity (Wildman–Crippen MR) is 119 cm³/mol. The first-order valence-electron chi connectivity index (χ1n) is 8.99. The summed E-state index contributed by atoms with van der Waals surface area (Å²) in [5, 5.41) is 0.623. The van der Waals surface area contributed by atoms with E-state index in [4.69, 9.17) is 16.0 Å². The highest BCUT2D eigenvalue weighted by Crippen LogP contribution is 2.42. The van der Waals surface area contributed by atoms with Crippen molar-refractivity contribution in [3.05, 3.63) is 95.6 Å². The van der Waals surface area contributed by atoms with Crippen molar-refractivity contribution in [1.82, 2.24) is 4.98 Å². The van der Waals surface area contributed by atoms with Crippen LogP contribution in [0.15, 0.2) is 88.6 Å². The van der Waals surface area contributed by atoms with Crippen LogP contribution in [0, 0.1) is 0 Å². The van der Waals surface area contributed by atoms with Gasteiger partial charge in [-0.2, -0.15) is 0 Å². The van der Waals surface area contributed by atoms with Crippen LogP contribution in [0.5, 0.6) is 0 Å². The lowest BCUT2D eigenvalue weighted by molar-refractivity contribution is -0.646. The SMILES string of the molecule is C[n+]1cccc2oc(/C=C3\C=C(Cl)N(c4ccccc4)c4ccccc43)nc21.Cl. The third kappa shape index (κ3) is 3.41. The number of fused-ring (bicyclic) bond motifs is 2. The third-order valence-electron chi connectivity index (χ3n) is 4.78. The zero-order valence-corrected chi connectivity index (χ0v) is 17.2. The summed E-state index contributed by atoms with van der Waals surface area (Å²) in [6.45, 7) is 0. The minimum Gasteiger partial charge on any atom is -0.411 e. The van der Waals surface area contributed by atoms with E-state index < -0.39 is 0 Å². The molecular formula is C23H18Cl2N3O+. The second-order valence-corrected chi connectivity index (χ2v) is 7.00. The van der Waals surface area contributed by atoms with Gasteiger partial charge in [0.1, 0.15) is 5.16 Å². The number of aryl methyl sites for hydroxylation is 1. The van der Waals surface area contributed by atoms with E-state index in [1.807, 2.05) is 89.5 Å². The fourth-order valence-corrected chi connectivity index (χ4v) is 3.79. The smallest absolute Gasteiger partial charge is 0.370 e. The lowest BCUT2D eigenvalue weighted by atomic mass is 9.99. The molecule has 3 heterocycles. The number of pyridine rings is 1. The molecule has 0 spiro atoms. The fourth-order valence-electron chi connectivity index (χ4n) is 3.48. The van der Waals surface area contributed by atoms with Gasteiger partial charge in [-0.3, -0.25) is 0 Å². The van der Waals surface area contributed by atoms with Crippen LogP contribution in [0.3, 0.4) is 0 Å². The Balaban J connectivity index is 0.00000205. The van der Waals surface area contributed by atoms with Crippen molar-refractivity contribution in [2.45, 2.75) is 0 Å². The van der Waals surface area contributed by atoms with E-state index in [0.29, 0.717) is 11.0 Å². The number of halogens is 2. The van der Waals surface area contributed by atoms with Crippen molar-refractivity contribution >= 4 is 58.3 Å². The summed E-state index contributed by atoms with van der Waals surface area (Å²) in [7, 11) is 1.95. The largest absolute Gasteiger partial charge is 0.411 e. The Morgan fingerprint density at radius 1 is 1.00 bits per heavy atom. The van der Waals surface area contributed by atoms with Crippen molar-refractivity contribution < 1.29 is 8.98 Å². The van der Waals surface area contributed by atoms with Gasteiger partial charge < -0.3 is 9.32 Å². The Labute approximate surface area is 179 Å². The number of allylic oxidation sites excluding steroid dienone is 2. The lowest BCUT2D eigenvalue weighted by Crippen LogP contribution is -2.28. The molecule has 0 radical (unpaired) electrons. The zero-order valence-electron chi connectivity index (χ0n) is 15.6. The molecule has 0 atom stereocenters. The van der Waals surface area contributed by atoms with Crippen LogP contribution < -0.4 is 9.47 Å². The minimum absolute atomic E-state index is 0. The van der Waals surface area contributed by atoms with Gasteiger partial charge in [-0.25, -0.2) is 4.57 Å². The quantitative estimate of drug-likeness (QED) is 0.300. The van der Waals surface area contributed by atoms with Crippen LogP contribution in [-0.4, -0.2) is 4.98 Å². The monoisotopic (exact) mass is 422 g/mol. The van der Waals surface area contributed by atoms with Crippen LogP contribution >= 0.6 is 24.0 Å². The van der Waals surface area contributed by atoms with Gasteiger partial charge in [-0.1, -0.05) is 48.0 Å². The van der Waals surface area contributed by atoms with E-state index in [0.717, 1.165) is 33.7 Å². The molecule has 29 heavy (non-hydrogen) atoms. The summed E-state index contributed by atoms with van der Waals surface area (Å²) in [6, 6.07) is 22.1. The molecule has 0 unspecified atom stereocenters. The van der Waals surface area contributed by atoms with Crippen molar-refractivity contribution in [3.8, 4) is 0 Å². The zero-order chi connectivity index (χ0) is 19.1. The average molecular weight is 423 g/mol. The topological polar surface area (TPSA) is 33.1 Å². The van der Waals surface area contributed by atoms with E-state index in [1.165, 1.54) is 0 Å². The molecule has 0 fully saturated rings. The molecule has 1 aliphatic rings. The molecule has 1 aliphatic heterocycles. The van der Waals surface area contributed by atoms with Crippen LogP contribution in [0.25, 0.3) is 22.9 Å². The molecule has 0 amide bonds. The van der Waals surface area contributed by atoms with E-state index in [1.54, 1.807) is 0 Å². The van der Waals surface area contributed by atoms with Gasteiger partial charge in [0, 0.05) is 22.3 Å². The first-order chi connectivity index (χ1) is 13.7. The maximum atomic E-state index is 6.70. The molecule has 0 saturated carbocycles. The highest BCUT2D eigenvalue weighted by molar-refractivity contribution is 6.33. The summed E-state index contributed by atoms with van der Waals surface area (Å²) in [6.07, 6.45) is 5.83. The summed E-state index contributed by atoms with van der Waals surface area (Å²) in [5.74, 6) is 0.551. The standard InChI is InChI=1S/C23H17ClN3O.ClH/c1-26-13-7-12-20-23(26)25-22(28-20)15-16-14-21(24)27(17-8-3-2-4-9-17)19-11-6-5-10-18(16)19;/h2-15H,1H3;1H/q+1;. The molecule has 5 rings (SSSR count).